The smallest absolute Gasteiger partial charge is 0.226 e. The van der Waals surface area contributed by atoms with Crippen molar-refractivity contribution in [2.75, 3.05) is 18.9 Å². The standard InChI is InChI=1S/C13H15FN2O2S/c14-10-3-1-4-11(9-10)18-7-2-5-12(17)16-13-15-6-8-19-13/h1,3-4,9H,2,5-8H2,(H,15,16,17). The summed E-state index contributed by atoms with van der Waals surface area (Å²) in [6, 6.07) is 5.96. The molecule has 0 radical (unpaired) electrons. The number of carbonyl (C=O) groups is 1. The number of aliphatic imine (C=N–C) groups is 1. The molecule has 1 heterocycles. The summed E-state index contributed by atoms with van der Waals surface area (Å²) < 4.78 is 18.2. The van der Waals surface area contributed by atoms with Gasteiger partial charge >= 0.3 is 0 Å². The van der Waals surface area contributed by atoms with Gasteiger partial charge in [-0.25, -0.2) is 4.39 Å². The Kier molecular flexibility index (Phi) is 5.20. The van der Waals surface area contributed by atoms with Crippen LogP contribution in [0, 0.1) is 5.82 Å². The summed E-state index contributed by atoms with van der Waals surface area (Å²) in [5.74, 6) is 1.02. The number of halogens is 1. The summed E-state index contributed by atoms with van der Waals surface area (Å²) in [6.45, 7) is 1.15. The van der Waals surface area contributed by atoms with Crippen molar-refractivity contribution in [3.63, 3.8) is 0 Å². The van der Waals surface area contributed by atoms with E-state index >= 15 is 0 Å². The van der Waals surface area contributed by atoms with E-state index in [4.69, 9.17) is 4.74 Å². The minimum Gasteiger partial charge on any atom is -0.493 e. The number of amidine groups is 1. The third kappa shape index (κ3) is 4.90. The number of benzene rings is 1. The van der Waals surface area contributed by atoms with Gasteiger partial charge in [0.15, 0.2) is 5.17 Å². The molecule has 1 aliphatic heterocycles. The SMILES string of the molecule is O=C(CCCOc1cccc(F)c1)NC1=NCCS1. The van der Waals surface area contributed by atoms with Crippen molar-refractivity contribution in [3.05, 3.63) is 30.1 Å². The molecule has 0 unspecified atom stereocenters. The van der Waals surface area contributed by atoms with Gasteiger partial charge in [0, 0.05) is 18.2 Å². The quantitative estimate of drug-likeness (QED) is 0.842. The van der Waals surface area contributed by atoms with E-state index in [1.54, 1.807) is 23.9 Å². The number of nitrogens with one attached hydrogen (secondary N) is 1. The topological polar surface area (TPSA) is 50.7 Å². The Labute approximate surface area is 115 Å². The Hall–Kier alpha value is -1.56. The minimum absolute atomic E-state index is 0.0593. The molecule has 0 spiro atoms. The molecule has 1 N–H and O–H groups in total. The molecule has 6 heteroatoms. The van der Waals surface area contributed by atoms with Crippen molar-refractivity contribution in [1.82, 2.24) is 5.32 Å². The van der Waals surface area contributed by atoms with E-state index in [2.05, 4.69) is 10.3 Å². The molecule has 1 aromatic rings. The first kappa shape index (κ1) is 13.9. The lowest BCUT2D eigenvalue weighted by atomic mass is 10.3. The molecule has 2 rings (SSSR count). The molecule has 0 fully saturated rings. The van der Waals surface area contributed by atoms with Crippen molar-refractivity contribution in [2.24, 2.45) is 4.99 Å². The zero-order valence-corrected chi connectivity index (χ0v) is 11.2. The van der Waals surface area contributed by atoms with Crippen LogP contribution < -0.4 is 10.1 Å². The average molecular weight is 282 g/mol. The van der Waals surface area contributed by atoms with Crippen molar-refractivity contribution >= 4 is 22.8 Å². The molecule has 0 aliphatic carbocycles. The first-order chi connectivity index (χ1) is 9.24. The van der Waals surface area contributed by atoms with Gasteiger partial charge in [0.2, 0.25) is 5.91 Å². The molecule has 0 saturated carbocycles. The molecule has 4 nitrogen and oxygen atoms in total. The van der Waals surface area contributed by atoms with Crippen molar-refractivity contribution in [3.8, 4) is 5.75 Å². The van der Waals surface area contributed by atoms with E-state index in [0.29, 0.717) is 30.4 Å². The number of thioether (sulfide) groups is 1. The lowest BCUT2D eigenvalue weighted by Gasteiger charge is -2.06. The largest absolute Gasteiger partial charge is 0.493 e. The lowest BCUT2D eigenvalue weighted by Crippen LogP contribution is -2.27. The lowest BCUT2D eigenvalue weighted by molar-refractivity contribution is -0.119. The number of hydrogen-bond donors (Lipinski definition) is 1. The third-order valence-electron chi connectivity index (χ3n) is 2.44. The van der Waals surface area contributed by atoms with Gasteiger partial charge < -0.3 is 10.1 Å². The predicted molar refractivity (Wildman–Crippen MR) is 74.0 cm³/mol. The van der Waals surface area contributed by atoms with E-state index in [1.807, 2.05) is 0 Å². The minimum atomic E-state index is -0.327. The maximum absolute atomic E-state index is 12.9. The summed E-state index contributed by atoms with van der Waals surface area (Å²) in [4.78, 5) is 15.7. The Morgan fingerprint density at radius 2 is 2.42 bits per heavy atom. The van der Waals surface area contributed by atoms with E-state index in [0.717, 1.165) is 12.3 Å². The maximum atomic E-state index is 12.9. The number of hydrogen-bond acceptors (Lipinski definition) is 4. The van der Waals surface area contributed by atoms with Crippen LogP contribution in [-0.4, -0.2) is 30.0 Å². The molecule has 19 heavy (non-hydrogen) atoms. The Bertz CT molecular complexity index is 479. The van der Waals surface area contributed by atoms with Crippen molar-refractivity contribution < 1.29 is 13.9 Å². The van der Waals surface area contributed by atoms with E-state index in [-0.39, 0.29) is 11.7 Å². The van der Waals surface area contributed by atoms with Crippen LogP contribution in [0.3, 0.4) is 0 Å². The first-order valence-electron chi connectivity index (χ1n) is 6.09. The molecule has 1 amide bonds. The van der Waals surface area contributed by atoms with Gasteiger partial charge in [-0.15, -0.1) is 0 Å². The van der Waals surface area contributed by atoms with Crippen LogP contribution in [0.15, 0.2) is 29.3 Å². The zero-order valence-electron chi connectivity index (χ0n) is 10.4. The van der Waals surface area contributed by atoms with Crippen LogP contribution in [0.5, 0.6) is 5.75 Å². The fourth-order valence-electron chi connectivity index (χ4n) is 1.57. The Balaban J connectivity index is 1.62. The second kappa shape index (κ2) is 7.13. The molecular weight excluding hydrogens is 267 g/mol. The van der Waals surface area contributed by atoms with Crippen molar-refractivity contribution in [2.45, 2.75) is 12.8 Å². The summed E-state index contributed by atoms with van der Waals surface area (Å²) in [7, 11) is 0. The highest BCUT2D eigenvalue weighted by Gasteiger charge is 2.10. The summed E-state index contributed by atoms with van der Waals surface area (Å²) >= 11 is 1.55. The second-order valence-electron chi connectivity index (χ2n) is 3.99. The fourth-order valence-corrected chi connectivity index (χ4v) is 2.32. The molecule has 0 atom stereocenters. The molecule has 1 aromatic carbocycles. The second-order valence-corrected chi connectivity index (χ2v) is 5.08. The zero-order chi connectivity index (χ0) is 13.5. The van der Waals surface area contributed by atoms with Crippen molar-refractivity contribution in [1.29, 1.82) is 0 Å². The van der Waals surface area contributed by atoms with Gasteiger partial charge in [0.05, 0.1) is 13.2 Å². The van der Waals surface area contributed by atoms with Crippen LogP contribution in [0.2, 0.25) is 0 Å². The summed E-state index contributed by atoms with van der Waals surface area (Å²) in [6.07, 6.45) is 0.954. The molecule has 102 valence electrons. The van der Waals surface area contributed by atoms with Crippen LogP contribution in [0.25, 0.3) is 0 Å². The highest BCUT2D eigenvalue weighted by atomic mass is 32.2. The molecule has 0 saturated heterocycles. The monoisotopic (exact) mass is 282 g/mol. The van der Waals surface area contributed by atoms with Gasteiger partial charge in [0.25, 0.3) is 0 Å². The van der Waals surface area contributed by atoms with Crippen LogP contribution in [-0.2, 0) is 4.79 Å². The van der Waals surface area contributed by atoms with Crippen LogP contribution in [0.1, 0.15) is 12.8 Å². The highest BCUT2D eigenvalue weighted by molar-refractivity contribution is 8.14. The maximum Gasteiger partial charge on any atom is 0.226 e. The summed E-state index contributed by atoms with van der Waals surface area (Å²) in [5.41, 5.74) is 0. The van der Waals surface area contributed by atoms with Crippen LogP contribution in [0.4, 0.5) is 4.39 Å². The van der Waals surface area contributed by atoms with Gasteiger partial charge in [-0.1, -0.05) is 17.8 Å². The van der Waals surface area contributed by atoms with E-state index in [1.165, 1.54) is 12.1 Å². The molecular formula is C13H15FN2O2S. The normalized spacial score (nSPS) is 14.1. The third-order valence-corrected chi connectivity index (χ3v) is 3.34. The van der Waals surface area contributed by atoms with E-state index in [9.17, 15) is 9.18 Å². The number of rotatable bonds is 5. The molecule has 0 aromatic heterocycles. The average Bonchev–Trinajstić information content (AvgIpc) is 2.87. The Morgan fingerprint density at radius 1 is 1.53 bits per heavy atom. The van der Waals surface area contributed by atoms with Gasteiger partial charge in [-0.05, 0) is 18.6 Å². The number of ether oxygens (including phenoxy) is 1. The van der Waals surface area contributed by atoms with Crippen LogP contribution >= 0.6 is 11.8 Å². The van der Waals surface area contributed by atoms with Gasteiger partial charge in [-0.3, -0.25) is 9.79 Å². The summed E-state index contributed by atoms with van der Waals surface area (Å²) in [5, 5.41) is 3.45. The number of nitrogens with zero attached hydrogens (tertiary/aromatic N) is 1. The van der Waals surface area contributed by atoms with Gasteiger partial charge in [0.1, 0.15) is 11.6 Å². The fraction of sp³-hybridized carbons (Fsp3) is 0.385. The molecule has 0 bridgehead atoms. The molecule has 1 aliphatic rings. The number of carbonyl (C=O) groups excluding carboxylic acids is 1. The highest BCUT2D eigenvalue weighted by Crippen LogP contribution is 2.12. The van der Waals surface area contributed by atoms with Gasteiger partial charge in [-0.2, -0.15) is 0 Å². The number of amides is 1. The van der Waals surface area contributed by atoms with E-state index < -0.39 is 0 Å². The first-order valence-corrected chi connectivity index (χ1v) is 7.08. The predicted octanol–water partition coefficient (Wildman–Crippen LogP) is 2.20. The Morgan fingerprint density at radius 3 is 3.16 bits per heavy atom.